The Bertz CT molecular complexity index is 905. The summed E-state index contributed by atoms with van der Waals surface area (Å²) in [7, 11) is 0. The average molecular weight is 375 g/mol. The molecule has 0 radical (unpaired) electrons. The van der Waals surface area contributed by atoms with Crippen LogP contribution >= 0.6 is 11.3 Å². The number of rotatable bonds is 5. The Morgan fingerprint density at radius 2 is 2.08 bits per heavy atom. The highest BCUT2D eigenvalue weighted by atomic mass is 32.1. The Hall–Kier alpha value is -2.94. The summed E-state index contributed by atoms with van der Waals surface area (Å²) in [5, 5.41) is 5.09. The Labute approximate surface area is 153 Å². The third kappa shape index (κ3) is 3.67. The predicted octanol–water partition coefficient (Wildman–Crippen LogP) is 1.97. The van der Waals surface area contributed by atoms with Crippen LogP contribution in [0.25, 0.3) is 10.2 Å². The fourth-order valence-corrected chi connectivity index (χ4v) is 3.31. The van der Waals surface area contributed by atoms with E-state index in [2.05, 4.69) is 15.6 Å². The lowest BCUT2D eigenvalue weighted by atomic mass is 10.0. The Morgan fingerprint density at radius 3 is 2.85 bits per heavy atom. The molecule has 0 spiro atoms. The van der Waals surface area contributed by atoms with Crippen molar-refractivity contribution in [3.63, 3.8) is 0 Å². The first-order valence-electron chi connectivity index (χ1n) is 7.97. The second kappa shape index (κ2) is 7.52. The van der Waals surface area contributed by atoms with Crippen LogP contribution in [0.2, 0.25) is 0 Å². The fourth-order valence-electron chi connectivity index (χ4n) is 2.60. The van der Waals surface area contributed by atoms with Crippen molar-refractivity contribution in [1.29, 1.82) is 0 Å². The minimum absolute atomic E-state index is 0.199. The van der Waals surface area contributed by atoms with Gasteiger partial charge in [0.05, 0.1) is 45.2 Å². The van der Waals surface area contributed by atoms with Gasteiger partial charge in [0, 0.05) is 0 Å². The molecule has 1 aliphatic rings. The van der Waals surface area contributed by atoms with Crippen LogP contribution in [0.1, 0.15) is 24.2 Å². The van der Waals surface area contributed by atoms with Crippen molar-refractivity contribution in [2.24, 2.45) is 0 Å². The van der Waals surface area contributed by atoms with Gasteiger partial charge in [0.1, 0.15) is 6.61 Å². The van der Waals surface area contributed by atoms with E-state index in [0.717, 1.165) is 10.2 Å². The molecule has 8 nitrogen and oxygen atoms in total. The van der Waals surface area contributed by atoms with Crippen molar-refractivity contribution in [1.82, 2.24) is 15.6 Å². The summed E-state index contributed by atoms with van der Waals surface area (Å²) in [6.45, 7) is 3.30. The maximum Gasteiger partial charge on any atom is 0.338 e. The van der Waals surface area contributed by atoms with Gasteiger partial charge in [0.15, 0.2) is 0 Å². The average Bonchev–Trinajstić information content (AvgIpc) is 3.06. The Morgan fingerprint density at radius 1 is 1.27 bits per heavy atom. The van der Waals surface area contributed by atoms with Gasteiger partial charge in [-0.2, -0.15) is 0 Å². The molecular weight excluding hydrogens is 358 g/mol. The van der Waals surface area contributed by atoms with Crippen LogP contribution in [0.15, 0.2) is 35.0 Å². The molecule has 1 aromatic heterocycles. The van der Waals surface area contributed by atoms with Crippen molar-refractivity contribution in [3.8, 4) is 0 Å². The maximum absolute atomic E-state index is 12.3. The second-order valence-electron chi connectivity index (χ2n) is 5.54. The SMILES string of the molecule is CCOC(=O)C1=C(COC(=O)c2ccc3ncsc3c2)NC(=O)N[C@@H]1C. The van der Waals surface area contributed by atoms with Crippen molar-refractivity contribution in [3.05, 3.63) is 40.5 Å². The molecule has 9 heteroatoms. The van der Waals surface area contributed by atoms with Crippen molar-refractivity contribution in [2.45, 2.75) is 19.9 Å². The lowest BCUT2D eigenvalue weighted by Crippen LogP contribution is -2.50. The summed E-state index contributed by atoms with van der Waals surface area (Å²) in [5.74, 6) is -1.12. The van der Waals surface area contributed by atoms with E-state index < -0.39 is 24.0 Å². The van der Waals surface area contributed by atoms with E-state index >= 15 is 0 Å². The lowest BCUT2D eigenvalue weighted by Gasteiger charge is -2.26. The first-order chi connectivity index (χ1) is 12.5. The lowest BCUT2D eigenvalue weighted by molar-refractivity contribution is -0.139. The van der Waals surface area contributed by atoms with Crippen LogP contribution < -0.4 is 10.6 Å². The Balaban J connectivity index is 1.78. The fraction of sp³-hybridized carbons (Fsp3) is 0.294. The molecule has 1 atom stereocenters. The quantitative estimate of drug-likeness (QED) is 0.774. The number of ether oxygens (including phenoxy) is 2. The van der Waals surface area contributed by atoms with E-state index in [1.807, 2.05) is 0 Å². The summed E-state index contributed by atoms with van der Waals surface area (Å²) in [4.78, 5) is 40.3. The zero-order chi connectivity index (χ0) is 18.7. The minimum Gasteiger partial charge on any atom is -0.463 e. The van der Waals surface area contributed by atoms with Crippen LogP contribution in [-0.2, 0) is 14.3 Å². The number of amides is 2. The van der Waals surface area contributed by atoms with Crippen molar-refractivity contribution >= 4 is 39.5 Å². The number of benzene rings is 1. The van der Waals surface area contributed by atoms with Gasteiger partial charge < -0.3 is 20.1 Å². The molecule has 0 saturated heterocycles. The van der Waals surface area contributed by atoms with Gasteiger partial charge in [0.2, 0.25) is 0 Å². The molecule has 26 heavy (non-hydrogen) atoms. The topological polar surface area (TPSA) is 107 Å². The molecule has 2 aromatic rings. The number of carbonyl (C=O) groups excluding carboxylic acids is 3. The van der Waals surface area contributed by atoms with Crippen molar-refractivity contribution < 1.29 is 23.9 Å². The number of nitrogens with one attached hydrogen (secondary N) is 2. The molecule has 0 saturated carbocycles. The molecule has 136 valence electrons. The number of urea groups is 1. The summed E-state index contributed by atoms with van der Waals surface area (Å²) >= 11 is 1.42. The van der Waals surface area contributed by atoms with Gasteiger partial charge in [-0.1, -0.05) is 0 Å². The molecule has 2 amide bonds. The smallest absolute Gasteiger partial charge is 0.338 e. The molecule has 1 aliphatic heterocycles. The highest BCUT2D eigenvalue weighted by molar-refractivity contribution is 7.16. The molecule has 2 N–H and O–H groups in total. The van der Waals surface area contributed by atoms with Crippen LogP contribution in [0.5, 0.6) is 0 Å². The standard InChI is InChI=1S/C17H17N3O5S/c1-3-24-16(22)14-9(2)19-17(23)20-12(14)7-25-15(21)10-4-5-11-13(6-10)26-8-18-11/h4-6,8-9H,3,7H2,1-2H3,(H2,19,20,23)/t9-/m1/s1. The Kier molecular flexibility index (Phi) is 5.17. The summed E-state index contributed by atoms with van der Waals surface area (Å²) in [5.41, 5.74) is 3.32. The molecule has 0 bridgehead atoms. The van der Waals surface area contributed by atoms with E-state index in [1.54, 1.807) is 37.6 Å². The molecule has 2 heterocycles. The number of aromatic nitrogens is 1. The minimum atomic E-state index is -0.565. The third-order valence-corrected chi connectivity index (χ3v) is 4.57. The van der Waals surface area contributed by atoms with Gasteiger partial charge in [-0.25, -0.2) is 19.4 Å². The van der Waals surface area contributed by atoms with Crippen LogP contribution in [-0.4, -0.2) is 42.2 Å². The largest absolute Gasteiger partial charge is 0.463 e. The van der Waals surface area contributed by atoms with Crippen LogP contribution in [0.3, 0.4) is 0 Å². The molecule has 0 fully saturated rings. The van der Waals surface area contributed by atoms with Crippen molar-refractivity contribution in [2.75, 3.05) is 13.2 Å². The van der Waals surface area contributed by atoms with E-state index in [4.69, 9.17) is 9.47 Å². The summed E-state index contributed by atoms with van der Waals surface area (Å²) < 4.78 is 11.2. The third-order valence-electron chi connectivity index (χ3n) is 3.78. The first kappa shape index (κ1) is 17.9. The van der Waals surface area contributed by atoms with E-state index in [0.29, 0.717) is 5.56 Å². The highest BCUT2D eigenvalue weighted by Gasteiger charge is 2.30. The van der Waals surface area contributed by atoms with E-state index in [-0.39, 0.29) is 24.5 Å². The number of hydrogen-bond donors (Lipinski definition) is 2. The number of nitrogens with zero attached hydrogens (tertiary/aromatic N) is 1. The number of thiazole rings is 1. The number of fused-ring (bicyclic) bond motifs is 1. The molecule has 1 aromatic carbocycles. The van der Waals surface area contributed by atoms with Crippen LogP contribution in [0, 0.1) is 0 Å². The summed E-state index contributed by atoms with van der Waals surface area (Å²) in [6.07, 6.45) is 0. The molecule has 3 rings (SSSR count). The highest BCUT2D eigenvalue weighted by Crippen LogP contribution is 2.20. The van der Waals surface area contributed by atoms with Gasteiger partial charge in [-0.15, -0.1) is 11.3 Å². The molecular formula is C17H17N3O5S. The maximum atomic E-state index is 12.3. The number of carbonyl (C=O) groups is 3. The predicted molar refractivity (Wildman–Crippen MR) is 94.7 cm³/mol. The zero-order valence-corrected chi connectivity index (χ0v) is 15.0. The first-order valence-corrected chi connectivity index (χ1v) is 8.85. The van der Waals surface area contributed by atoms with Gasteiger partial charge in [-0.3, -0.25) is 0 Å². The monoisotopic (exact) mass is 375 g/mol. The molecule has 0 aliphatic carbocycles. The second-order valence-corrected chi connectivity index (χ2v) is 6.43. The van der Waals surface area contributed by atoms with E-state index in [9.17, 15) is 14.4 Å². The molecule has 0 unspecified atom stereocenters. The zero-order valence-electron chi connectivity index (χ0n) is 14.2. The van der Waals surface area contributed by atoms with Gasteiger partial charge in [0.25, 0.3) is 0 Å². The summed E-state index contributed by atoms with van der Waals surface area (Å²) in [6, 6.07) is 4.03. The number of hydrogen-bond acceptors (Lipinski definition) is 7. The normalized spacial score (nSPS) is 16.8. The van der Waals surface area contributed by atoms with Gasteiger partial charge >= 0.3 is 18.0 Å². The van der Waals surface area contributed by atoms with Gasteiger partial charge in [-0.05, 0) is 32.0 Å². The number of esters is 2. The van der Waals surface area contributed by atoms with Crippen LogP contribution in [0.4, 0.5) is 4.79 Å². The van der Waals surface area contributed by atoms with E-state index in [1.165, 1.54) is 11.3 Å².